The number of H-pyrrole nitrogens is 2. The fourth-order valence-corrected chi connectivity index (χ4v) is 4.82. The van der Waals surface area contributed by atoms with Gasteiger partial charge < -0.3 is 4.98 Å². The molecule has 0 bridgehead atoms. The summed E-state index contributed by atoms with van der Waals surface area (Å²) >= 11 is 0. The fraction of sp³-hybridized carbons (Fsp3) is 0.133. The predicted octanol–water partition coefficient (Wildman–Crippen LogP) is 7.35. The summed E-state index contributed by atoms with van der Waals surface area (Å²) < 4.78 is 14.4. The molecule has 2 aromatic heterocycles. The lowest BCUT2D eigenvalue weighted by Crippen LogP contribution is -2.15. The van der Waals surface area contributed by atoms with Crippen LogP contribution in [0.1, 0.15) is 47.3 Å². The lowest BCUT2D eigenvalue weighted by molar-refractivity contribution is 0.401. The Morgan fingerprint density at radius 3 is 2.40 bits per heavy atom. The second-order valence-corrected chi connectivity index (χ2v) is 8.99. The third-order valence-electron chi connectivity index (χ3n) is 6.82. The van der Waals surface area contributed by atoms with Crippen LogP contribution in [-0.4, -0.2) is 20.2 Å². The molecule has 3 aromatic carbocycles. The minimum absolute atomic E-state index is 0.468. The van der Waals surface area contributed by atoms with Crippen molar-refractivity contribution in [2.24, 2.45) is 5.92 Å². The molecule has 6 rings (SSSR count). The zero-order valence-electron chi connectivity index (χ0n) is 19.2. The second kappa shape index (κ2) is 9.18. The first-order chi connectivity index (χ1) is 17.3. The molecular formula is C30H25FN4. The largest absolute Gasteiger partial charge is 0.345 e. The molecule has 5 aromatic rings. The third-order valence-corrected chi connectivity index (χ3v) is 6.82. The van der Waals surface area contributed by atoms with E-state index in [4.69, 9.17) is 0 Å². The number of allylic oxidation sites excluding steroid dienone is 1. The van der Waals surface area contributed by atoms with E-state index in [-0.39, 0.29) is 0 Å². The number of nitrogens with one attached hydrogen (secondary N) is 2. The van der Waals surface area contributed by atoms with Crippen LogP contribution in [0.25, 0.3) is 34.2 Å². The normalized spacial score (nSPS) is 14.9. The Balaban J connectivity index is 1.51. The van der Waals surface area contributed by atoms with Crippen molar-refractivity contribution in [1.29, 1.82) is 0 Å². The predicted molar refractivity (Wildman–Crippen MR) is 140 cm³/mol. The van der Waals surface area contributed by atoms with Gasteiger partial charge >= 0.3 is 0 Å². The lowest BCUT2D eigenvalue weighted by Gasteiger charge is -2.31. The summed E-state index contributed by atoms with van der Waals surface area (Å²) in [5.74, 6) is 0.835. The number of aromatic amines is 2. The van der Waals surface area contributed by atoms with E-state index in [2.05, 4.69) is 80.8 Å². The first-order valence-electron chi connectivity index (χ1n) is 12.0. The minimum Gasteiger partial charge on any atom is -0.345 e. The van der Waals surface area contributed by atoms with Gasteiger partial charge in [0.15, 0.2) is 0 Å². The summed E-state index contributed by atoms with van der Waals surface area (Å²) in [5.41, 5.74) is 7.63. The van der Waals surface area contributed by atoms with Crippen LogP contribution in [0.3, 0.4) is 0 Å². The van der Waals surface area contributed by atoms with Crippen LogP contribution in [-0.2, 0) is 0 Å². The highest BCUT2D eigenvalue weighted by atomic mass is 19.1. The van der Waals surface area contributed by atoms with Crippen LogP contribution < -0.4 is 0 Å². The monoisotopic (exact) mass is 460 g/mol. The van der Waals surface area contributed by atoms with Gasteiger partial charge in [-0.15, -0.1) is 5.10 Å². The molecule has 0 atom stereocenters. The number of imidazole rings is 1. The number of fused-ring (bicyclic) bond motifs is 1. The Hall–Kier alpha value is -4.25. The molecule has 0 aliphatic heterocycles. The van der Waals surface area contributed by atoms with Crippen molar-refractivity contribution in [1.82, 2.24) is 20.2 Å². The van der Waals surface area contributed by atoms with E-state index in [1.807, 2.05) is 30.5 Å². The smallest absolute Gasteiger partial charge is 0.240 e. The van der Waals surface area contributed by atoms with Gasteiger partial charge in [-0.05, 0) is 70.4 Å². The summed E-state index contributed by atoms with van der Waals surface area (Å²) in [6, 6.07) is 25.1. The van der Waals surface area contributed by atoms with E-state index in [9.17, 15) is 4.39 Å². The van der Waals surface area contributed by atoms with Crippen LogP contribution in [0.2, 0.25) is 0 Å². The van der Waals surface area contributed by atoms with E-state index < -0.39 is 5.95 Å². The molecule has 0 saturated heterocycles. The zero-order valence-corrected chi connectivity index (χ0v) is 19.2. The van der Waals surface area contributed by atoms with Gasteiger partial charge in [-0.3, -0.25) is 5.10 Å². The molecule has 1 aliphatic carbocycles. The van der Waals surface area contributed by atoms with Crippen LogP contribution in [0.5, 0.6) is 0 Å². The maximum atomic E-state index is 14.4. The van der Waals surface area contributed by atoms with Crippen molar-refractivity contribution in [2.45, 2.75) is 19.3 Å². The van der Waals surface area contributed by atoms with Gasteiger partial charge in [0.1, 0.15) is 5.82 Å². The Labute approximate surface area is 203 Å². The van der Waals surface area contributed by atoms with Gasteiger partial charge in [0.2, 0.25) is 5.95 Å². The number of hydrogen-bond donors (Lipinski definition) is 2. The molecule has 2 heterocycles. The fourth-order valence-electron chi connectivity index (χ4n) is 4.82. The quantitative estimate of drug-likeness (QED) is 0.260. The van der Waals surface area contributed by atoms with Crippen molar-refractivity contribution in [3.8, 4) is 0 Å². The van der Waals surface area contributed by atoms with Crippen molar-refractivity contribution < 1.29 is 4.39 Å². The van der Waals surface area contributed by atoms with Gasteiger partial charge in [0.05, 0.1) is 10.9 Å². The summed E-state index contributed by atoms with van der Waals surface area (Å²) in [5, 5.41) is 7.05. The van der Waals surface area contributed by atoms with Crippen molar-refractivity contribution in [3.63, 3.8) is 0 Å². The van der Waals surface area contributed by atoms with Crippen LogP contribution >= 0.6 is 0 Å². The first kappa shape index (κ1) is 21.3. The molecule has 0 unspecified atom stereocenters. The molecule has 5 heteroatoms. The summed E-state index contributed by atoms with van der Waals surface area (Å²) in [6.45, 7) is 0. The van der Waals surface area contributed by atoms with Gasteiger partial charge in [0.25, 0.3) is 0 Å². The number of hydrogen-bond acceptors (Lipinski definition) is 2. The molecular weight excluding hydrogens is 435 g/mol. The van der Waals surface area contributed by atoms with E-state index in [0.717, 1.165) is 28.1 Å². The van der Waals surface area contributed by atoms with Crippen LogP contribution in [0, 0.1) is 11.9 Å². The standard InChI is InChI=1S/C30H25FN4/c31-30-25-19-24(14-15-26(25)34-35-30)29(28(22-7-4-8-22)21-5-2-1-3-6-21)23-12-9-20(10-13-23)11-16-27-32-17-18-33-27/h1-3,5-6,9-19,22H,4,7-8H2,(H,32,33)(H,34,35)/b16-11+,29-28-. The highest BCUT2D eigenvalue weighted by Crippen LogP contribution is 2.45. The number of rotatable bonds is 6. The van der Waals surface area contributed by atoms with Crippen molar-refractivity contribution in [3.05, 3.63) is 119 Å². The summed E-state index contributed by atoms with van der Waals surface area (Å²) in [7, 11) is 0. The summed E-state index contributed by atoms with van der Waals surface area (Å²) in [6.07, 6.45) is 11.1. The molecule has 2 N–H and O–H groups in total. The van der Waals surface area contributed by atoms with Crippen molar-refractivity contribution in [2.75, 3.05) is 0 Å². The van der Waals surface area contributed by atoms with E-state index >= 15 is 0 Å². The molecule has 0 radical (unpaired) electrons. The second-order valence-electron chi connectivity index (χ2n) is 8.99. The average Bonchev–Trinajstić information content (AvgIpc) is 3.52. The number of halogens is 1. The Morgan fingerprint density at radius 2 is 1.69 bits per heavy atom. The SMILES string of the molecule is Fc1n[nH]c2ccc(/C(=C(/c3ccccc3)C3CCC3)c3ccc(/C=C/c4ncc[nH]4)cc3)cc12. The molecule has 0 amide bonds. The van der Waals surface area contributed by atoms with Gasteiger partial charge in [-0.2, -0.15) is 4.39 Å². The molecule has 172 valence electrons. The average molecular weight is 461 g/mol. The third kappa shape index (κ3) is 4.21. The molecule has 1 fully saturated rings. The van der Waals surface area contributed by atoms with Crippen LogP contribution in [0.15, 0.2) is 85.2 Å². The first-order valence-corrected chi connectivity index (χ1v) is 12.0. The zero-order chi connectivity index (χ0) is 23.6. The maximum Gasteiger partial charge on any atom is 0.240 e. The van der Waals surface area contributed by atoms with Gasteiger partial charge in [-0.1, -0.05) is 73.2 Å². The summed E-state index contributed by atoms with van der Waals surface area (Å²) in [4.78, 5) is 7.34. The molecule has 4 nitrogen and oxygen atoms in total. The van der Waals surface area contributed by atoms with Crippen LogP contribution in [0.4, 0.5) is 4.39 Å². The number of benzene rings is 3. The molecule has 1 aliphatic rings. The maximum absolute atomic E-state index is 14.4. The number of aromatic nitrogens is 4. The Kier molecular flexibility index (Phi) is 5.59. The van der Waals surface area contributed by atoms with E-state index in [1.54, 1.807) is 6.20 Å². The van der Waals surface area contributed by atoms with E-state index in [0.29, 0.717) is 16.8 Å². The Morgan fingerprint density at radius 1 is 0.886 bits per heavy atom. The highest BCUT2D eigenvalue weighted by Gasteiger charge is 2.27. The molecule has 1 saturated carbocycles. The topological polar surface area (TPSA) is 57.4 Å². The molecule has 35 heavy (non-hydrogen) atoms. The Bertz CT molecular complexity index is 1510. The molecule has 0 spiro atoms. The highest BCUT2D eigenvalue weighted by molar-refractivity contribution is 6.01. The number of nitrogens with zero attached hydrogens (tertiary/aromatic N) is 2. The van der Waals surface area contributed by atoms with Gasteiger partial charge in [0, 0.05) is 12.4 Å². The van der Waals surface area contributed by atoms with Crippen molar-refractivity contribution >= 4 is 34.2 Å². The lowest BCUT2D eigenvalue weighted by atomic mass is 9.73. The van der Waals surface area contributed by atoms with E-state index in [1.165, 1.54) is 30.4 Å². The minimum atomic E-state index is -0.468. The van der Waals surface area contributed by atoms with Gasteiger partial charge in [-0.25, -0.2) is 4.98 Å².